The number of furan rings is 1. The maximum atomic E-state index is 12.2. The minimum absolute atomic E-state index is 0.0637. The summed E-state index contributed by atoms with van der Waals surface area (Å²) in [5.41, 5.74) is 4.00. The van der Waals surface area contributed by atoms with Gasteiger partial charge in [0.15, 0.2) is 5.60 Å². The fourth-order valence-corrected chi connectivity index (χ4v) is 2.19. The van der Waals surface area contributed by atoms with E-state index in [4.69, 9.17) is 10.2 Å². The summed E-state index contributed by atoms with van der Waals surface area (Å²) in [6.45, 7) is 2.13. The van der Waals surface area contributed by atoms with Gasteiger partial charge in [-0.2, -0.15) is 0 Å². The minimum Gasteiger partial charge on any atom is -0.469 e. The van der Waals surface area contributed by atoms with Gasteiger partial charge in [-0.1, -0.05) is 0 Å². The Morgan fingerprint density at radius 1 is 1.56 bits per heavy atom. The highest BCUT2D eigenvalue weighted by atomic mass is 16.3. The number of rotatable bonds is 2. The van der Waals surface area contributed by atoms with Gasteiger partial charge in [0.2, 0.25) is 0 Å². The quantitative estimate of drug-likeness (QED) is 0.776. The van der Waals surface area contributed by atoms with Crippen LogP contribution >= 0.6 is 0 Å². The molecule has 1 aromatic heterocycles. The number of piperidine rings is 1. The van der Waals surface area contributed by atoms with Crippen LogP contribution in [0.5, 0.6) is 0 Å². The molecule has 3 N–H and O–H groups in total. The number of hydrogen-bond acceptors (Lipinski definition) is 4. The molecular weight excluding hydrogens is 236 g/mol. The Hall–Kier alpha value is -1.82. The second-order valence-corrected chi connectivity index (χ2v) is 4.62. The first kappa shape index (κ1) is 12.6. The lowest BCUT2D eigenvalue weighted by molar-refractivity contribution is -0.140. The first-order valence-corrected chi connectivity index (χ1v) is 5.80. The normalized spacial score (nSPS) is 24.0. The summed E-state index contributed by atoms with van der Waals surface area (Å²) in [6.07, 6.45) is 2.27. The van der Waals surface area contributed by atoms with Crippen LogP contribution in [0.3, 0.4) is 0 Å². The molecule has 2 rings (SSSR count). The third-order valence-electron chi connectivity index (χ3n) is 3.31. The number of amides is 2. The molecule has 0 aromatic carbocycles. The summed E-state index contributed by atoms with van der Waals surface area (Å²) < 4.78 is 5.07. The Morgan fingerprint density at radius 2 is 2.28 bits per heavy atom. The van der Waals surface area contributed by atoms with E-state index in [-0.39, 0.29) is 18.9 Å². The molecule has 2 amide bonds. The summed E-state index contributed by atoms with van der Waals surface area (Å²) in [4.78, 5) is 24.8. The van der Waals surface area contributed by atoms with Crippen LogP contribution in [0.25, 0.3) is 0 Å². The van der Waals surface area contributed by atoms with E-state index in [9.17, 15) is 14.7 Å². The monoisotopic (exact) mass is 252 g/mol. The van der Waals surface area contributed by atoms with Crippen molar-refractivity contribution in [3.05, 3.63) is 23.7 Å². The molecule has 1 aliphatic heterocycles. The highest BCUT2D eigenvalue weighted by Crippen LogP contribution is 2.23. The van der Waals surface area contributed by atoms with Crippen molar-refractivity contribution in [1.29, 1.82) is 0 Å². The van der Waals surface area contributed by atoms with Crippen molar-refractivity contribution >= 4 is 11.8 Å². The van der Waals surface area contributed by atoms with Crippen LogP contribution in [-0.4, -0.2) is 40.5 Å². The highest BCUT2D eigenvalue weighted by Gasteiger charge is 2.40. The molecule has 0 aliphatic carbocycles. The van der Waals surface area contributed by atoms with E-state index in [1.807, 2.05) is 0 Å². The fourth-order valence-electron chi connectivity index (χ4n) is 2.19. The second kappa shape index (κ2) is 4.45. The molecule has 1 atom stereocenters. The van der Waals surface area contributed by atoms with Gasteiger partial charge in [-0.05, 0) is 25.8 Å². The molecule has 18 heavy (non-hydrogen) atoms. The van der Waals surface area contributed by atoms with E-state index in [1.165, 1.54) is 11.2 Å². The van der Waals surface area contributed by atoms with E-state index in [0.29, 0.717) is 24.3 Å². The average molecular weight is 252 g/mol. The van der Waals surface area contributed by atoms with E-state index in [1.54, 1.807) is 13.0 Å². The minimum atomic E-state index is -1.62. The zero-order valence-electron chi connectivity index (χ0n) is 10.2. The van der Waals surface area contributed by atoms with Crippen LogP contribution in [0.4, 0.5) is 0 Å². The van der Waals surface area contributed by atoms with Crippen LogP contribution in [0, 0.1) is 6.92 Å². The van der Waals surface area contributed by atoms with Crippen LogP contribution in [-0.2, 0) is 4.79 Å². The number of likely N-dealkylation sites (tertiary alicyclic amines) is 1. The molecule has 1 saturated heterocycles. The molecule has 0 bridgehead atoms. The predicted octanol–water partition coefficient (Wildman–Crippen LogP) is 0.0404. The summed E-state index contributed by atoms with van der Waals surface area (Å²) in [5, 5.41) is 10.0. The molecule has 6 nitrogen and oxygen atoms in total. The number of nitrogens with two attached hydrogens (primary N) is 1. The smallest absolute Gasteiger partial charge is 0.257 e. The van der Waals surface area contributed by atoms with Crippen molar-refractivity contribution in [2.24, 2.45) is 5.73 Å². The third-order valence-corrected chi connectivity index (χ3v) is 3.31. The molecule has 6 heteroatoms. The van der Waals surface area contributed by atoms with Crippen LogP contribution in [0.2, 0.25) is 0 Å². The summed E-state index contributed by atoms with van der Waals surface area (Å²) in [6, 6.07) is 1.58. The van der Waals surface area contributed by atoms with Gasteiger partial charge in [0.05, 0.1) is 18.4 Å². The molecule has 1 aromatic rings. The molecule has 2 heterocycles. The Bertz CT molecular complexity index is 482. The number of carbonyl (C=O) groups is 2. The highest BCUT2D eigenvalue weighted by molar-refractivity contribution is 5.96. The first-order chi connectivity index (χ1) is 8.44. The largest absolute Gasteiger partial charge is 0.469 e. The molecule has 98 valence electrons. The first-order valence-electron chi connectivity index (χ1n) is 5.80. The van der Waals surface area contributed by atoms with Gasteiger partial charge in [-0.3, -0.25) is 9.59 Å². The van der Waals surface area contributed by atoms with Crippen LogP contribution in [0.15, 0.2) is 16.7 Å². The summed E-state index contributed by atoms with van der Waals surface area (Å²) in [5.74, 6) is -0.516. The van der Waals surface area contributed by atoms with Gasteiger partial charge in [0, 0.05) is 6.54 Å². The lowest BCUT2D eigenvalue weighted by atomic mass is 9.92. The molecular formula is C12H16N2O4. The van der Waals surface area contributed by atoms with Gasteiger partial charge >= 0.3 is 0 Å². The van der Waals surface area contributed by atoms with Gasteiger partial charge in [-0.15, -0.1) is 0 Å². The lowest BCUT2D eigenvalue weighted by Gasteiger charge is -2.36. The van der Waals surface area contributed by atoms with Crippen molar-refractivity contribution in [2.45, 2.75) is 25.4 Å². The maximum Gasteiger partial charge on any atom is 0.257 e. The summed E-state index contributed by atoms with van der Waals surface area (Å²) >= 11 is 0. The van der Waals surface area contributed by atoms with Crippen molar-refractivity contribution in [1.82, 2.24) is 4.90 Å². The number of carbonyl (C=O) groups excluding carboxylic acids is 2. The van der Waals surface area contributed by atoms with Gasteiger partial charge in [0.25, 0.3) is 11.8 Å². The molecule has 1 aliphatic rings. The number of aryl methyl sites for hydroxylation is 1. The number of aliphatic hydroxyl groups is 1. The van der Waals surface area contributed by atoms with Gasteiger partial charge < -0.3 is 20.2 Å². The molecule has 0 spiro atoms. The Balaban J connectivity index is 2.17. The third kappa shape index (κ3) is 2.11. The maximum absolute atomic E-state index is 12.2. The standard InChI is InChI=1S/C12H16N2O4/c1-8-9(3-6-18-8)10(15)14-5-2-4-12(17,7-14)11(13)16/h3,6,17H,2,4-5,7H2,1H3,(H2,13,16)/t12-/m1/s1. The Labute approximate surface area is 104 Å². The fraction of sp³-hybridized carbons (Fsp3) is 0.500. The SMILES string of the molecule is Cc1occc1C(=O)N1CCC[C@](O)(C(N)=O)C1. The van der Waals surface area contributed by atoms with Crippen molar-refractivity contribution in [3.63, 3.8) is 0 Å². The predicted molar refractivity (Wildman–Crippen MR) is 62.7 cm³/mol. The van der Waals surface area contributed by atoms with Crippen LogP contribution in [0.1, 0.15) is 29.0 Å². The van der Waals surface area contributed by atoms with Crippen molar-refractivity contribution < 1.29 is 19.1 Å². The van der Waals surface area contributed by atoms with Gasteiger partial charge in [0.1, 0.15) is 5.76 Å². The summed E-state index contributed by atoms with van der Waals surface area (Å²) in [7, 11) is 0. The van der Waals surface area contributed by atoms with E-state index < -0.39 is 11.5 Å². The lowest BCUT2D eigenvalue weighted by Crippen LogP contribution is -2.57. The van der Waals surface area contributed by atoms with Crippen LogP contribution < -0.4 is 5.73 Å². The number of primary amides is 1. The van der Waals surface area contributed by atoms with Crippen molar-refractivity contribution in [3.8, 4) is 0 Å². The average Bonchev–Trinajstić information content (AvgIpc) is 2.74. The molecule has 0 saturated carbocycles. The number of nitrogens with zero attached hydrogens (tertiary/aromatic N) is 1. The molecule has 0 unspecified atom stereocenters. The zero-order chi connectivity index (χ0) is 13.3. The number of β-amino-alcohol motifs (C(OH)–C–C–N with tert-alkyl or cyclic N) is 1. The Morgan fingerprint density at radius 3 is 2.83 bits per heavy atom. The second-order valence-electron chi connectivity index (χ2n) is 4.62. The number of hydrogen-bond donors (Lipinski definition) is 2. The molecule has 0 radical (unpaired) electrons. The van der Waals surface area contributed by atoms with E-state index in [0.717, 1.165) is 0 Å². The Kier molecular flexibility index (Phi) is 3.13. The van der Waals surface area contributed by atoms with Crippen molar-refractivity contribution in [2.75, 3.05) is 13.1 Å². The van der Waals surface area contributed by atoms with E-state index in [2.05, 4.69) is 0 Å². The molecule has 1 fully saturated rings. The topological polar surface area (TPSA) is 96.8 Å². The zero-order valence-corrected chi connectivity index (χ0v) is 10.2. The van der Waals surface area contributed by atoms with E-state index >= 15 is 0 Å². The van der Waals surface area contributed by atoms with Gasteiger partial charge in [-0.25, -0.2) is 0 Å².